The molecule has 3 rings (SSSR count). The van der Waals surface area contributed by atoms with Crippen LogP contribution >= 0.6 is 23.4 Å². The van der Waals surface area contributed by atoms with Crippen LogP contribution in [0, 0.1) is 0 Å². The lowest BCUT2D eigenvalue weighted by Crippen LogP contribution is -2.13. The van der Waals surface area contributed by atoms with Crippen LogP contribution < -0.4 is 0 Å². The van der Waals surface area contributed by atoms with Crippen molar-refractivity contribution in [2.75, 3.05) is 0 Å². The number of nitrogens with zero attached hydrogens (tertiary/aromatic N) is 3. The second kappa shape index (κ2) is 5.87. The number of hydrogen-bond donors (Lipinski definition) is 0. The van der Waals surface area contributed by atoms with Gasteiger partial charge in [-0.05, 0) is 43.3 Å². The molecule has 21 heavy (non-hydrogen) atoms. The van der Waals surface area contributed by atoms with Gasteiger partial charge in [0.2, 0.25) is 0 Å². The molecule has 1 unspecified atom stereocenters. The van der Waals surface area contributed by atoms with Crippen molar-refractivity contribution >= 4 is 34.8 Å². The van der Waals surface area contributed by atoms with E-state index in [2.05, 4.69) is 10.2 Å². The first-order valence-electron chi connectivity index (χ1n) is 6.41. The molecule has 0 radical (unpaired) electrons. The van der Waals surface area contributed by atoms with E-state index in [0.29, 0.717) is 15.7 Å². The number of carbonyl (C=O) groups is 1. The van der Waals surface area contributed by atoms with Crippen LogP contribution in [0.1, 0.15) is 17.3 Å². The van der Waals surface area contributed by atoms with Crippen LogP contribution in [-0.4, -0.2) is 25.6 Å². The molecule has 0 fully saturated rings. The largest absolute Gasteiger partial charge is 0.293 e. The third-order valence-electron chi connectivity index (χ3n) is 3.06. The van der Waals surface area contributed by atoms with Gasteiger partial charge in [-0.25, -0.2) is 0 Å². The summed E-state index contributed by atoms with van der Waals surface area (Å²) in [5.41, 5.74) is 1.42. The quantitative estimate of drug-likeness (QED) is 0.543. The number of ketones is 1. The third-order valence-corrected chi connectivity index (χ3v) is 4.37. The van der Waals surface area contributed by atoms with Gasteiger partial charge in [0.25, 0.3) is 0 Å². The topological polar surface area (TPSA) is 47.3 Å². The maximum Gasteiger partial charge on any atom is 0.196 e. The van der Waals surface area contributed by atoms with Crippen LogP contribution in [-0.2, 0) is 0 Å². The minimum atomic E-state index is -0.251. The zero-order valence-electron chi connectivity index (χ0n) is 11.2. The van der Waals surface area contributed by atoms with Gasteiger partial charge in [-0.3, -0.25) is 9.20 Å². The second-order valence-corrected chi connectivity index (χ2v) is 6.29. The standard InChI is InChI=1S/C15H12ClN3OS/c1-10(14(20)11-5-7-12(16)8-6-11)21-15-18-17-13-4-2-3-9-19(13)15/h2-10H,1H3. The summed E-state index contributed by atoms with van der Waals surface area (Å²) in [4.78, 5) is 12.4. The first-order chi connectivity index (χ1) is 10.1. The van der Waals surface area contributed by atoms with E-state index < -0.39 is 0 Å². The third kappa shape index (κ3) is 2.94. The molecule has 0 N–H and O–H groups in total. The Labute approximate surface area is 131 Å². The summed E-state index contributed by atoms with van der Waals surface area (Å²) in [5.74, 6) is 0.0457. The highest BCUT2D eigenvalue weighted by Crippen LogP contribution is 2.25. The zero-order chi connectivity index (χ0) is 14.8. The van der Waals surface area contributed by atoms with E-state index in [-0.39, 0.29) is 11.0 Å². The molecule has 0 bridgehead atoms. The molecule has 1 aromatic carbocycles. The smallest absolute Gasteiger partial charge is 0.196 e. The van der Waals surface area contributed by atoms with Crippen molar-refractivity contribution in [3.05, 3.63) is 59.2 Å². The molecule has 1 atom stereocenters. The fourth-order valence-electron chi connectivity index (χ4n) is 1.96. The maximum absolute atomic E-state index is 12.4. The fourth-order valence-corrected chi connectivity index (χ4v) is 3.00. The van der Waals surface area contributed by atoms with Crippen molar-refractivity contribution in [2.24, 2.45) is 0 Å². The lowest BCUT2D eigenvalue weighted by Gasteiger charge is -2.09. The molecule has 106 valence electrons. The molecular formula is C15H12ClN3OS. The van der Waals surface area contributed by atoms with Gasteiger partial charge >= 0.3 is 0 Å². The molecule has 0 aliphatic carbocycles. The van der Waals surface area contributed by atoms with E-state index in [9.17, 15) is 4.79 Å². The van der Waals surface area contributed by atoms with Gasteiger partial charge in [-0.1, -0.05) is 29.4 Å². The van der Waals surface area contributed by atoms with Gasteiger partial charge in [0, 0.05) is 16.8 Å². The highest BCUT2D eigenvalue weighted by molar-refractivity contribution is 8.00. The Balaban J connectivity index is 1.81. The first-order valence-corrected chi connectivity index (χ1v) is 7.67. The molecule has 0 amide bonds. The van der Waals surface area contributed by atoms with E-state index >= 15 is 0 Å². The first kappa shape index (κ1) is 14.1. The van der Waals surface area contributed by atoms with Gasteiger partial charge in [-0.15, -0.1) is 10.2 Å². The van der Waals surface area contributed by atoms with E-state index in [1.807, 2.05) is 35.7 Å². The van der Waals surface area contributed by atoms with Crippen LogP contribution in [0.2, 0.25) is 5.02 Å². The molecule has 2 heterocycles. The number of fused-ring (bicyclic) bond motifs is 1. The van der Waals surface area contributed by atoms with Crippen LogP contribution in [0.3, 0.4) is 0 Å². The summed E-state index contributed by atoms with van der Waals surface area (Å²) in [6.07, 6.45) is 1.89. The van der Waals surface area contributed by atoms with Gasteiger partial charge in [0.1, 0.15) is 0 Å². The summed E-state index contributed by atoms with van der Waals surface area (Å²) in [5, 5.41) is 9.29. The molecular weight excluding hydrogens is 306 g/mol. The number of aromatic nitrogens is 3. The average molecular weight is 318 g/mol. The average Bonchev–Trinajstić information content (AvgIpc) is 2.91. The Kier molecular flexibility index (Phi) is 3.94. The van der Waals surface area contributed by atoms with Crippen molar-refractivity contribution < 1.29 is 4.79 Å². The molecule has 4 nitrogen and oxygen atoms in total. The Morgan fingerprint density at radius 2 is 1.95 bits per heavy atom. The summed E-state index contributed by atoms with van der Waals surface area (Å²) in [6, 6.07) is 12.6. The number of pyridine rings is 1. The highest BCUT2D eigenvalue weighted by Gasteiger charge is 2.19. The van der Waals surface area contributed by atoms with Crippen molar-refractivity contribution in [3.63, 3.8) is 0 Å². The van der Waals surface area contributed by atoms with Crippen molar-refractivity contribution in [1.82, 2.24) is 14.6 Å². The SMILES string of the molecule is CC(Sc1nnc2ccccn12)C(=O)c1ccc(Cl)cc1. The summed E-state index contributed by atoms with van der Waals surface area (Å²) in [6.45, 7) is 1.87. The Morgan fingerprint density at radius 1 is 1.19 bits per heavy atom. The summed E-state index contributed by atoms with van der Waals surface area (Å²) in [7, 11) is 0. The number of halogens is 1. The normalized spacial score (nSPS) is 12.5. The molecule has 3 aromatic rings. The maximum atomic E-state index is 12.4. The predicted octanol–water partition coefficient (Wildman–Crippen LogP) is 3.75. The van der Waals surface area contributed by atoms with Gasteiger partial charge < -0.3 is 0 Å². The van der Waals surface area contributed by atoms with E-state index in [4.69, 9.17) is 11.6 Å². The number of hydrogen-bond acceptors (Lipinski definition) is 4. The number of rotatable bonds is 4. The summed E-state index contributed by atoms with van der Waals surface area (Å²) < 4.78 is 1.87. The van der Waals surface area contributed by atoms with Crippen molar-refractivity contribution in [3.8, 4) is 0 Å². The number of benzene rings is 1. The highest BCUT2D eigenvalue weighted by atomic mass is 35.5. The zero-order valence-corrected chi connectivity index (χ0v) is 12.8. The van der Waals surface area contributed by atoms with E-state index in [0.717, 1.165) is 5.65 Å². The number of carbonyl (C=O) groups excluding carboxylic acids is 1. The fraction of sp³-hybridized carbons (Fsp3) is 0.133. The predicted molar refractivity (Wildman–Crippen MR) is 84.1 cm³/mol. The van der Waals surface area contributed by atoms with E-state index in [1.165, 1.54) is 11.8 Å². The van der Waals surface area contributed by atoms with Gasteiger partial charge in [0.05, 0.1) is 5.25 Å². The molecule has 0 saturated heterocycles. The summed E-state index contributed by atoms with van der Waals surface area (Å²) >= 11 is 7.23. The minimum absolute atomic E-state index is 0.0457. The molecule has 0 spiro atoms. The molecule has 0 aliphatic heterocycles. The van der Waals surface area contributed by atoms with Crippen LogP contribution in [0.4, 0.5) is 0 Å². The van der Waals surface area contributed by atoms with E-state index in [1.54, 1.807) is 24.3 Å². The van der Waals surface area contributed by atoms with Crippen molar-refractivity contribution in [1.29, 1.82) is 0 Å². The Bertz CT molecular complexity index is 785. The van der Waals surface area contributed by atoms with Crippen LogP contribution in [0.5, 0.6) is 0 Å². The lowest BCUT2D eigenvalue weighted by molar-refractivity contribution is 0.0994. The molecule has 6 heteroatoms. The van der Waals surface area contributed by atoms with Gasteiger partial charge in [-0.2, -0.15) is 0 Å². The second-order valence-electron chi connectivity index (χ2n) is 4.54. The molecule has 0 saturated carbocycles. The lowest BCUT2D eigenvalue weighted by atomic mass is 10.1. The minimum Gasteiger partial charge on any atom is -0.293 e. The van der Waals surface area contributed by atoms with Crippen LogP contribution in [0.15, 0.2) is 53.8 Å². The monoisotopic (exact) mass is 317 g/mol. The van der Waals surface area contributed by atoms with Gasteiger partial charge in [0.15, 0.2) is 16.6 Å². The number of thioether (sulfide) groups is 1. The van der Waals surface area contributed by atoms with Crippen LogP contribution in [0.25, 0.3) is 5.65 Å². The Hall–Kier alpha value is -1.85. The number of Topliss-reactive ketones (excluding diaryl/α,β-unsaturated/α-hetero) is 1. The molecule has 0 aliphatic rings. The Morgan fingerprint density at radius 3 is 2.71 bits per heavy atom. The van der Waals surface area contributed by atoms with Crippen molar-refractivity contribution in [2.45, 2.75) is 17.3 Å². The molecule has 2 aromatic heterocycles.